The van der Waals surface area contributed by atoms with Crippen molar-refractivity contribution in [3.8, 4) is 0 Å². The highest BCUT2D eigenvalue weighted by molar-refractivity contribution is 5.25. The van der Waals surface area contributed by atoms with Crippen LogP contribution >= 0.6 is 0 Å². The number of fused-ring (bicyclic) bond motifs is 5. The molecule has 4 fully saturated rings. The van der Waals surface area contributed by atoms with Crippen molar-refractivity contribution in [1.82, 2.24) is 0 Å². The first-order valence-electron chi connectivity index (χ1n) is 10.5. The van der Waals surface area contributed by atoms with Crippen molar-refractivity contribution in [2.75, 3.05) is 6.61 Å². The lowest BCUT2D eigenvalue weighted by atomic mass is 9.49. The third kappa shape index (κ3) is 2.28. The Morgan fingerprint density at radius 2 is 1.75 bits per heavy atom. The molecule has 2 nitrogen and oxygen atoms in total. The van der Waals surface area contributed by atoms with E-state index in [-0.39, 0.29) is 12.0 Å². The largest absolute Gasteiger partial charge is 0.396 e. The molecule has 0 aromatic rings. The minimum Gasteiger partial charge on any atom is -0.396 e. The number of hydrogen-bond donors (Lipinski definition) is 2. The molecule has 0 heterocycles. The van der Waals surface area contributed by atoms with Gasteiger partial charge in [-0.2, -0.15) is 0 Å². The molecule has 4 saturated carbocycles. The molecule has 4 aliphatic carbocycles. The van der Waals surface area contributed by atoms with Crippen molar-refractivity contribution in [1.29, 1.82) is 0 Å². The monoisotopic (exact) mass is 332 g/mol. The van der Waals surface area contributed by atoms with Gasteiger partial charge < -0.3 is 10.2 Å². The van der Waals surface area contributed by atoms with Gasteiger partial charge in [-0.05, 0) is 86.5 Å². The lowest BCUT2D eigenvalue weighted by Crippen LogP contribution is -2.54. The van der Waals surface area contributed by atoms with Crippen LogP contribution in [0, 0.1) is 35.0 Å². The molecule has 0 aromatic heterocycles. The van der Waals surface area contributed by atoms with Gasteiger partial charge in [-0.1, -0.05) is 32.8 Å². The lowest BCUT2D eigenvalue weighted by molar-refractivity contribution is -0.114. The van der Waals surface area contributed by atoms with Crippen molar-refractivity contribution >= 4 is 0 Å². The maximum Gasteiger partial charge on any atom is 0.0911 e. The Hall–Kier alpha value is -0.340. The molecule has 24 heavy (non-hydrogen) atoms. The summed E-state index contributed by atoms with van der Waals surface area (Å²) in [7, 11) is 0. The summed E-state index contributed by atoms with van der Waals surface area (Å²) in [6.07, 6.45) is 13.7. The van der Waals surface area contributed by atoms with Gasteiger partial charge in [0, 0.05) is 12.0 Å². The zero-order valence-electron chi connectivity index (χ0n) is 15.5. The summed E-state index contributed by atoms with van der Waals surface area (Å²) < 4.78 is 0. The highest BCUT2D eigenvalue weighted by Gasteiger charge is 2.63. The second-order valence-electron chi connectivity index (χ2n) is 9.65. The number of aliphatic hydroxyl groups is 2. The topological polar surface area (TPSA) is 40.5 Å². The van der Waals surface area contributed by atoms with Gasteiger partial charge in [-0.15, -0.1) is 0 Å². The molecule has 7 atom stereocenters. The van der Waals surface area contributed by atoms with Crippen LogP contribution in [0.1, 0.15) is 77.6 Å². The summed E-state index contributed by atoms with van der Waals surface area (Å²) in [6.45, 7) is 6.65. The number of aliphatic hydroxyl groups excluding tert-OH is 1. The molecule has 2 heteroatoms. The summed E-state index contributed by atoms with van der Waals surface area (Å²) in [4.78, 5) is 0. The van der Waals surface area contributed by atoms with Crippen LogP contribution in [-0.4, -0.2) is 22.4 Å². The standard InChI is InChI=1S/C22H36O2/c1-15(11-14-23)22(24)13-10-20-19-8-7-16-5-3-4-6-17(16)18(19)9-12-21(20,22)2/h16-20,23-24H,1,3-14H2,2H3/t16?,17-,18+,19+,20-,21-,22-/m0/s1. The Morgan fingerprint density at radius 3 is 2.54 bits per heavy atom. The van der Waals surface area contributed by atoms with Crippen molar-refractivity contribution in [2.24, 2.45) is 35.0 Å². The average Bonchev–Trinajstić information content (AvgIpc) is 2.87. The van der Waals surface area contributed by atoms with E-state index in [0.717, 1.165) is 48.5 Å². The van der Waals surface area contributed by atoms with Crippen LogP contribution in [0.25, 0.3) is 0 Å². The first-order chi connectivity index (χ1) is 11.5. The highest BCUT2D eigenvalue weighted by Crippen LogP contribution is 2.66. The second kappa shape index (κ2) is 6.13. The van der Waals surface area contributed by atoms with Gasteiger partial charge >= 0.3 is 0 Å². The molecule has 0 bridgehead atoms. The Morgan fingerprint density at radius 1 is 0.958 bits per heavy atom. The maximum absolute atomic E-state index is 11.6. The Bertz CT molecular complexity index is 500. The summed E-state index contributed by atoms with van der Waals surface area (Å²) in [6, 6.07) is 0. The molecule has 0 amide bonds. The second-order valence-corrected chi connectivity index (χ2v) is 9.65. The maximum atomic E-state index is 11.6. The SMILES string of the molecule is C=C(CCO)[C@@]1(O)CC[C@H]2[C@@H]3CCC4CCCC[C@@H]4[C@H]3CC[C@@]21C. The molecule has 0 aromatic carbocycles. The average molecular weight is 333 g/mol. The van der Waals surface area contributed by atoms with Crippen molar-refractivity contribution in [3.05, 3.63) is 12.2 Å². The number of rotatable bonds is 3. The van der Waals surface area contributed by atoms with E-state index < -0.39 is 5.60 Å². The summed E-state index contributed by atoms with van der Waals surface area (Å²) in [5.41, 5.74) is 0.135. The van der Waals surface area contributed by atoms with Gasteiger partial charge in [0.25, 0.3) is 0 Å². The summed E-state index contributed by atoms with van der Waals surface area (Å²) in [5.74, 6) is 4.42. The molecule has 0 radical (unpaired) electrons. The van der Waals surface area contributed by atoms with Crippen molar-refractivity contribution < 1.29 is 10.2 Å². The first-order valence-corrected chi connectivity index (χ1v) is 10.5. The van der Waals surface area contributed by atoms with E-state index in [4.69, 9.17) is 0 Å². The van der Waals surface area contributed by atoms with E-state index in [0.29, 0.717) is 12.3 Å². The molecule has 4 aliphatic rings. The van der Waals surface area contributed by atoms with Gasteiger partial charge in [-0.3, -0.25) is 0 Å². The smallest absolute Gasteiger partial charge is 0.0911 e. The van der Waals surface area contributed by atoms with Crippen LogP contribution in [0.5, 0.6) is 0 Å². The van der Waals surface area contributed by atoms with Crippen LogP contribution in [0.3, 0.4) is 0 Å². The molecular weight excluding hydrogens is 296 g/mol. The third-order valence-electron chi connectivity index (χ3n) is 9.03. The van der Waals surface area contributed by atoms with Crippen molar-refractivity contribution in [2.45, 2.75) is 83.2 Å². The van der Waals surface area contributed by atoms with E-state index in [1.807, 2.05) is 0 Å². The van der Waals surface area contributed by atoms with Gasteiger partial charge in [0.2, 0.25) is 0 Å². The van der Waals surface area contributed by atoms with Crippen molar-refractivity contribution in [3.63, 3.8) is 0 Å². The predicted octanol–water partition coefficient (Wildman–Crippen LogP) is 4.70. The Kier molecular flexibility index (Phi) is 4.36. The van der Waals surface area contributed by atoms with Gasteiger partial charge in [0.1, 0.15) is 0 Å². The molecule has 0 spiro atoms. The normalized spacial score (nSPS) is 50.7. The van der Waals surface area contributed by atoms with Crippen LogP contribution in [0.4, 0.5) is 0 Å². The molecule has 4 rings (SSSR count). The number of hydrogen-bond acceptors (Lipinski definition) is 2. The van der Waals surface area contributed by atoms with E-state index in [9.17, 15) is 10.2 Å². The van der Waals surface area contributed by atoms with E-state index in [1.54, 1.807) is 0 Å². The zero-order valence-corrected chi connectivity index (χ0v) is 15.5. The molecule has 1 unspecified atom stereocenters. The fourth-order valence-electron chi connectivity index (χ4n) is 7.77. The van der Waals surface area contributed by atoms with E-state index in [1.165, 1.54) is 44.9 Å². The quantitative estimate of drug-likeness (QED) is 0.736. The molecule has 0 saturated heterocycles. The summed E-state index contributed by atoms with van der Waals surface area (Å²) in [5, 5.41) is 20.9. The van der Waals surface area contributed by atoms with Gasteiger partial charge in [0.15, 0.2) is 0 Å². The highest BCUT2D eigenvalue weighted by atomic mass is 16.3. The predicted molar refractivity (Wildman–Crippen MR) is 97.5 cm³/mol. The van der Waals surface area contributed by atoms with Crippen LogP contribution in [0.2, 0.25) is 0 Å². The van der Waals surface area contributed by atoms with Gasteiger partial charge in [0.05, 0.1) is 5.60 Å². The van der Waals surface area contributed by atoms with Crippen LogP contribution < -0.4 is 0 Å². The minimum absolute atomic E-state index is 0.0120. The molecule has 0 aliphatic heterocycles. The third-order valence-corrected chi connectivity index (χ3v) is 9.03. The molecule has 136 valence electrons. The Balaban J connectivity index is 1.59. The van der Waals surface area contributed by atoms with Crippen LogP contribution in [-0.2, 0) is 0 Å². The van der Waals surface area contributed by atoms with Crippen LogP contribution in [0.15, 0.2) is 12.2 Å². The summed E-state index contributed by atoms with van der Waals surface area (Å²) >= 11 is 0. The van der Waals surface area contributed by atoms with Gasteiger partial charge in [-0.25, -0.2) is 0 Å². The minimum atomic E-state index is -0.741. The van der Waals surface area contributed by atoms with E-state index in [2.05, 4.69) is 13.5 Å². The molecule has 2 N–H and O–H groups in total. The fraction of sp³-hybridized carbons (Fsp3) is 0.909. The zero-order chi connectivity index (χ0) is 16.9. The Labute approximate surface area is 147 Å². The molecular formula is C22H36O2. The lowest BCUT2D eigenvalue weighted by Gasteiger charge is -2.57. The first kappa shape index (κ1) is 17.1. The van der Waals surface area contributed by atoms with E-state index >= 15 is 0 Å². The fourth-order valence-corrected chi connectivity index (χ4v) is 7.77.